The van der Waals surface area contributed by atoms with Crippen LogP contribution in [-0.2, 0) is 18.4 Å². The Morgan fingerprint density at radius 3 is 2.56 bits per heavy atom. The number of hydrogen-bond acceptors (Lipinski definition) is 3. The van der Waals surface area contributed by atoms with Crippen molar-refractivity contribution >= 4 is 0 Å². The number of phenols is 1. The Kier molecular flexibility index (Phi) is 7.21. The summed E-state index contributed by atoms with van der Waals surface area (Å²) >= 11 is 0. The zero-order valence-electron chi connectivity index (χ0n) is 19.9. The summed E-state index contributed by atoms with van der Waals surface area (Å²) in [7, 11) is 0. The second-order valence-corrected chi connectivity index (χ2v) is 10.1. The number of likely N-dealkylation sites (tertiary alicyclic amines) is 1. The smallest absolute Gasteiger partial charge is 0.123 e. The van der Waals surface area contributed by atoms with Crippen LogP contribution in [0.25, 0.3) is 0 Å². The summed E-state index contributed by atoms with van der Waals surface area (Å²) in [5.74, 6) is 1.58. The van der Waals surface area contributed by atoms with Crippen molar-refractivity contribution in [2.45, 2.75) is 70.9 Å². The molecule has 0 radical (unpaired) electrons. The van der Waals surface area contributed by atoms with Crippen molar-refractivity contribution in [3.8, 4) is 5.75 Å². The summed E-state index contributed by atoms with van der Waals surface area (Å²) in [6, 6.07) is 13.3. The van der Waals surface area contributed by atoms with Gasteiger partial charge in [0, 0.05) is 24.5 Å². The van der Waals surface area contributed by atoms with E-state index in [1.807, 2.05) is 24.3 Å². The zero-order chi connectivity index (χ0) is 22.7. The normalized spacial score (nSPS) is 26.4. The predicted molar refractivity (Wildman–Crippen MR) is 129 cm³/mol. The maximum atomic E-state index is 13.2. The molecule has 32 heavy (non-hydrogen) atoms. The van der Waals surface area contributed by atoms with Crippen molar-refractivity contribution < 1.29 is 9.50 Å². The Morgan fingerprint density at radius 2 is 1.88 bits per heavy atom. The molecule has 174 valence electrons. The SMILES string of the molecule is CCc1ccc(O)cc1C1(CCNCc2ccc(F)cc2)CCN(CC2CC2)C(C)[C@@H]1C. The van der Waals surface area contributed by atoms with E-state index < -0.39 is 0 Å². The van der Waals surface area contributed by atoms with Crippen LogP contribution in [0.2, 0.25) is 0 Å². The highest BCUT2D eigenvalue weighted by Gasteiger charge is 2.46. The maximum Gasteiger partial charge on any atom is 0.123 e. The Bertz CT molecular complexity index is 895. The molecule has 0 spiro atoms. The van der Waals surface area contributed by atoms with Crippen LogP contribution in [0.3, 0.4) is 0 Å². The van der Waals surface area contributed by atoms with Gasteiger partial charge >= 0.3 is 0 Å². The molecule has 2 fully saturated rings. The molecule has 0 bridgehead atoms. The highest BCUT2D eigenvalue weighted by atomic mass is 19.1. The minimum absolute atomic E-state index is 0.0410. The molecular weight excluding hydrogens is 399 g/mol. The molecule has 2 aromatic rings. The minimum atomic E-state index is -0.190. The van der Waals surface area contributed by atoms with Crippen molar-refractivity contribution in [2.24, 2.45) is 11.8 Å². The molecule has 0 amide bonds. The Hall–Kier alpha value is -1.91. The first-order valence-corrected chi connectivity index (χ1v) is 12.4. The van der Waals surface area contributed by atoms with Crippen LogP contribution < -0.4 is 5.32 Å². The standard InChI is InChI=1S/C28H39FN2O/c1-4-24-9-12-26(32)17-27(24)28(13-15-30-18-22-7-10-25(29)11-8-22)14-16-31(19-23-5-6-23)21(3)20(28)2/h7-12,17,20-21,23,30,32H,4-6,13-16,18-19H2,1-3H3/t20-,21?,28?/m0/s1. The number of aryl methyl sites for hydroxylation is 1. The summed E-state index contributed by atoms with van der Waals surface area (Å²) in [4.78, 5) is 2.71. The van der Waals surface area contributed by atoms with Gasteiger partial charge in [0.15, 0.2) is 0 Å². The summed E-state index contributed by atoms with van der Waals surface area (Å²) < 4.78 is 13.2. The molecule has 4 rings (SSSR count). The lowest BCUT2D eigenvalue weighted by Gasteiger charge is -2.52. The number of nitrogens with zero attached hydrogens (tertiary/aromatic N) is 1. The fourth-order valence-electron chi connectivity index (χ4n) is 5.79. The van der Waals surface area contributed by atoms with Gasteiger partial charge in [0.25, 0.3) is 0 Å². The van der Waals surface area contributed by atoms with E-state index >= 15 is 0 Å². The second kappa shape index (κ2) is 9.93. The predicted octanol–water partition coefficient (Wildman–Crippen LogP) is 5.65. The van der Waals surface area contributed by atoms with Gasteiger partial charge in [-0.1, -0.05) is 32.0 Å². The third kappa shape index (κ3) is 5.02. The Balaban J connectivity index is 1.54. The molecule has 2 unspecified atom stereocenters. The number of hydrogen-bond donors (Lipinski definition) is 2. The first-order chi connectivity index (χ1) is 15.4. The van der Waals surface area contributed by atoms with Gasteiger partial charge in [-0.2, -0.15) is 0 Å². The number of phenolic OH excluding ortho intramolecular Hbond substituents is 1. The van der Waals surface area contributed by atoms with Gasteiger partial charge in [0.2, 0.25) is 0 Å². The zero-order valence-corrected chi connectivity index (χ0v) is 19.9. The quantitative estimate of drug-likeness (QED) is 0.497. The monoisotopic (exact) mass is 438 g/mol. The number of benzene rings is 2. The van der Waals surface area contributed by atoms with Crippen molar-refractivity contribution in [3.05, 3.63) is 65.0 Å². The fourth-order valence-corrected chi connectivity index (χ4v) is 5.79. The van der Waals surface area contributed by atoms with Crippen LogP contribution in [0.1, 0.15) is 63.1 Å². The summed E-state index contributed by atoms with van der Waals surface area (Å²) in [6.07, 6.45) is 5.92. The van der Waals surface area contributed by atoms with E-state index in [4.69, 9.17) is 0 Å². The molecule has 2 N–H and O–H groups in total. The fraction of sp³-hybridized carbons (Fsp3) is 0.571. The van der Waals surface area contributed by atoms with Crippen LogP contribution in [-0.4, -0.2) is 35.7 Å². The van der Waals surface area contributed by atoms with Gasteiger partial charge in [0.05, 0.1) is 0 Å². The van der Waals surface area contributed by atoms with Gasteiger partial charge in [-0.3, -0.25) is 0 Å². The van der Waals surface area contributed by atoms with E-state index in [2.05, 4.69) is 37.1 Å². The van der Waals surface area contributed by atoms with Gasteiger partial charge in [-0.25, -0.2) is 4.39 Å². The number of halogens is 1. The molecule has 1 heterocycles. The van der Waals surface area contributed by atoms with Crippen molar-refractivity contribution in [3.63, 3.8) is 0 Å². The van der Waals surface area contributed by atoms with Gasteiger partial charge in [-0.05, 0) is 105 Å². The van der Waals surface area contributed by atoms with E-state index in [1.54, 1.807) is 0 Å². The third-order valence-electron chi connectivity index (χ3n) is 8.21. The molecule has 3 nitrogen and oxygen atoms in total. The molecule has 2 aromatic carbocycles. The maximum absolute atomic E-state index is 13.2. The van der Waals surface area contributed by atoms with Gasteiger partial charge in [-0.15, -0.1) is 0 Å². The number of piperidine rings is 1. The van der Waals surface area contributed by atoms with E-state index in [1.165, 1.54) is 42.6 Å². The van der Waals surface area contributed by atoms with E-state index in [0.29, 0.717) is 17.7 Å². The number of nitrogens with one attached hydrogen (secondary N) is 1. The van der Waals surface area contributed by atoms with Gasteiger partial charge < -0.3 is 15.3 Å². The first-order valence-electron chi connectivity index (χ1n) is 12.4. The average molecular weight is 439 g/mol. The molecule has 0 aromatic heterocycles. The lowest BCUT2D eigenvalue weighted by Crippen LogP contribution is -2.55. The average Bonchev–Trinajstić information content (AvgIpc) is 3.61. The topological polar surface area (TPSA) is 35.5 Å². The highest BCUT2D eigenvalue weighted by molar-refractivity contribution is 5.41. The summed E-state index contributed by atoms with van der Waals surface area (Å²) in [6.45, 7) is 11.1. The lowest BCUT2D eigenvalue weighted by atomic mass is 9.61. The third-order valence-corrected chi connectivity index (χ3v) is 8.21. The van der Waals surface area contributed by atoms with E-state index in [-0.39, 0.29) is 11.2 Å². The Labute approximate surface area is 193 Å². The first kappa shape index (κ1) is 23.3. The van der Waals surface area contributed by atoms with E-state index in [0.717, 1.165) is 50.4 Å². The summed E-state index contributed by atoms with van der Waals surface area (Å²) in [5.41, 5.74) is 3.84. The molecule has 2 aliphatic rings. The van der Waals surface area contributed by atoms with Gasteiger partial charge in [0.1, 0.15) is 11.6 Å². The van der Waals surface area contributed by atoms with Crippen LogP contribution >= 0.6 is 0 Å². The van der Waals surface area contributed by atoms with Crippen LogP contribution in [0.4, 0.5) is 4.39 Å². The largest absolute Gasteiger partial charge is 0.508 e. The molecule has 1 saturated carbocycles. The van der Waals surface area contributed by atoms with Crippen LogP contribution in [0.15, 0.2) is 42.5 Å². The Morgan fingerprint density at radius 1 is 1.12 bits per heavy atom. The molecule has 1 aliphatic heterocycles. The number of aromatic hydroxyl groups is 1. The molecule has 3 atom stereocenters. The second-order valence-electron chi connectivity index (χ2n) is 10.1. The van der Waals surface area contributed by atoms with Crippen molar-refractivity contribution in [2.75, 3.05) is 19.6 Å². The minimum Gasteiger partial charge on any atom is -0.508 e. The lowest BCUT2D eigenvalue weighted by molar-refractivity contribution is 0.0362. The summed E-state index contributed by atoms with van der Waals surface area (Å²) in [5, 5.41) is 14.0. The molecule has 1 aliphatic carbocycles. The van der Waals surface area contributed by atoms with Crippen molar-refractivity contribution in [1.29, 1.82) is 0 Å². The van der Waals surface area contributed by atoms with Crippen LogP contribution in [0, 0.1) is 17.7 Å². The number of rotatable bonds is 9. The highest BCUT2D eigenvalue weighted by Crippen LogP contribution is 2.48. The molecule has 4 heteroatoms. The van der Waals surface area contributed by atoms with Crippen LogP contribution in [0.5, 0.6) is 5.75 Å². The molecule has 1 saturated heterocycles. The van der Waals surface area contributed by atoms with E-state index in [9.17, 15) is 9.50 Å². The molecular formula is C28H39FN2O. The van der Waals surface area contributed by atoms with Crippen molar-refractivity contribution in [1.82, 2.24) is 10.2 Å².